The van der Waals surface area contributed by atoms with Crippen molar-refractivity contribution in [1.29, 1.82) is 0 Å². The van der Waals surface area contributed by atoms with Crippen LogP contribution < -0.4 is 0 Å². The molecule has 2 aromatic rings. The summed E-state index contributed by atoms with van der Waals surface area (Å²) < 4.78 is 6.97. The smallest absolute Gasteiger partial charge is 0.151 e. The molecule has 2 rings (SSSR count). The van der Waals surface area contributed by atoms with Crippen molar-refractivity contribution >= 4 is 0 Å². The van der Waals surface area contributed by atoms with Crippen molar-refractivity contribution in [2.24, 2.45) is 7.05 Å². The summed E-state index contributed by atoms with van der Waals surface area (Å²) in [4.78, 5) is 0. The van der Waals surface area contributed by atoms with E-state index in [1.54, 1.807) is 17.1 Å². The molecule has 0 aromatic carbocycles. The molecular weight excluding hydrogens is 140 g/mol. The van der Waals surface area contributed by atoms with Gasteiger partial charge in [0, 0.05) is 13.2 Å². The van der Waals surface area contributed by atoms with E-state index in [1.165, 1.54) is 0 Å². The quantitative estimate of drug-likeness (QED) is 0.616. The molecule has 2 aromatic heterocycles. The molecule has 0 unspecified atom stereocenters. The Morgan fingerprint density at radius 1 is 1.45 bits per heavy atom. The molecular formula is C8H8N2O. The first kappa shape index (κ1) is 6.22. The van der Waals surface area contributed by atoms with Crippen LogP contribution in [0.5, 0.6) is 0 Å². The van der Waals surface area contributed by atoms with Crippen LogP contribution >= 0.6 is 0 Å². The predicted octanol–water partition coefficient (Wildman–Crippen LogP) is 1.68. The number of hydrogen-bond donors (Lipinski definition) is 0. The van der Waals surface area contributed by atoms with E-state index in [2.05, 4.69) is 5.10 Å². The third-order valence-corrected chi connectivity index (χ3v) is 1.59. The summed E-state index contributed by atoms with van der Waals surface area (Å²) in [5, 5.41) is 4.03. The van der Waals surface area contributed by atoms with E-state index in [0.717, 1.165) is 11.5 Å². The Bertz CT molecular complexity index is 335. The topological polar surface area (TPSA) is 31.0 Å². The van der Waals surface area contributed by atoms with Crippen LogP contribution in [0.3, 0.4) is 0 Å². The summed E-state index contributed by atoms with van der Waals surface area (Å²) in [6, 6.07) is 5.69. The predicted molar refractivity (Wildman–Crippen MR) is 40.9 cm³/mol. The lowest BCUT2D eigenvalue weighted by molar-refractivity contribution is 0.573. The zero-order chi connectivity index (χ0) is 7.68. The minimum absolute atomic E-state index is 0.852. The minimum atomic E-state index is 0.852. The highest BCUT2D eigenvalue weighted by Gasteiger charge is 2.02. The van der Waals surface area contributed by atoms with Crippen molar-refractivity contribution in [3.05, 3.63) is 30.7 Å². The Kier molecular flexibility index (Phi) is 1.28. The Morgan fingerprint density at radius 2 is 2.36 bits per heavy atom. The summed E-state index contributed by atoms with van der Waals surface area (Å²) in [6.45, 7) is 0. The van der Waals surface area contributed by atoms with Gasteiger partial charge in [0.1, 0.15) is 5.69 Å². The summed E-state index contributed by atoms with van der Waals surface area (Å²) >= 11 is 0. The first-order valence-electron chi connectivity index (χ1n) is 3.40. The van der Waals surface area contributed by atoms with E-state index in [9.17, 15) is 0 Å². The number of furan rings is 1. The second-order valence-electron chi connectivity index (χ2n) is 2.32. The molecule has 0 saturated heterocycles. The van der Waals surface area contributed by atoms with Crippen molar-refractivity contribution in [2.75, 3.05) is 0 Å². The summed E-state index contributed by atoms with van der Waals surface area (Å²) in [7, 11) is 1.89. The van der Waals surface area contributed by atoms with Gasteiger partial charge in [-0.05, 0) is 18.2 Å². The zero-order valence-electron chi connectivity index (χ0n) is 6.19. The highest BCUT2D eigenvalue weighted by atomic mass is 16.3. The second-order valence-corrected chi connectivity index (χ2v) is 2.32. The molecule has 56 valence electrons. The van der Waals surface area contributed by atoms with Crippen molar-refractivity contribution in [3.63, 3.8) is 0 Å². The molecule has 0 aliphatic carbocycles. The highest BCUT2D eigenvalue weighted by molar-refractivity contribution is 5.51. The maximum absolute atomic E-state index is 5.20. The fraction of sp³-hybridized carbons (Fsp3) is 0.125. The van der Waals surface area contributed by atoms with Gasteiger partial charge >= 0.3 is 0 Å². The SMILES string of the molecule is Cn1nccc1-c1ccco1. The highest BCUT2D eigenvalue weighted by Crippen LogP contribution is 2.17. The van der Waals surface area contributed by atoms with Gasteiger partial charge in [0.15, 0.2) is 5.76 Å². The first-order valence-corrected chi connectivity index (χ1v) is 3.40. The van der Waals surface area contributed by atoms with Gasteiger partial charge < -0.3 is 4.42 Å². The normalized spacial score (nSPS) is 10.3. The van der Waals surface area contributed by atoms with E-state index < -0.39 is 0 Å². The molecule has 3 nitrogen and oxygen atoms in total. The molecule has 11 heavy (non-hydrogen) atoms. The Hall–Kier alpha value is -1.51. The minimum Gasteiger partial charge on any atom is -0.463 e. The monoisotopic (exact) mass is 148 g/mol. The molecule has 0 atom stereocenters. The number of nitrogens with zero attached hydrogens (tertiary/aromatic N) is 2. The largest absolute Gasteiger partial charge is 0.463 e. The van der Waals surface area contributed by atoms with Gasteiger partial charge in [0.25, 0.3) is 0 Å². The Balaban J connectivity index is 2.53. The Labute approximate surface area is 64.3 Å². The van der Waals surface area contributed by atoms with Crippen LogP contribution in [0.15, 0.2) is 35.1 Å². The molecule has 0 amide bonds. The molecule has 3 heteroatoms. The van der Waals surface area contributed by atoms with Gasteiger partial charge in [0.2, 0.25) is 0 Å². The maximum Gasteiger partial charge on any atom is 0.151 e. The van der Waals surface area contributed by atoms with Crippen molar-refractivity contribution in [3.8, 4) is 11.5 Å². The van der Waals surface area contributed by atoms with Crippen molar-refractivity contribution < 1.29 is 4.42 Å². The molecule has 0 saturated carbocycles. The average Bonchev–Trinajstić information content (AvgIpc) is 2.55. The lowest BCUT2D eigenvalue weighted by Crippen LogP contribution is -1.91. The number of hydrogen-bond acceptors (Lipinski definition) is 2. The molecule has 0 bridgehead atoms. The summed E-state index contributed by atoms with van der Waals surface area (Å²) in [6.07, 6.45) is 3.40. The number of rotatable bonds is 1. The van der Waals surface area contributed by atoms with Gasteiger partial charge in [0.05, 0.1) is 6.26 Å². The van der Waals surface area contributed by atoms with Crippen molar-refractivity contribution in [1.82, 2.24) is 9.78 Å². The molecule has 0 spiro atoms. The van der Waals surface area contributed by atoms with Gasteiger partial charge in [-0.25, -0.2) is 0 Å². The molecule has 0 fully saturated rings. The maximum atomic E-state index is 5.20. The van der Waals surface area contributed by atoms with E-state index in [1.807, 2.05) is 25.2 Å². The van der Waals surface area contributed by atoms with Crippen LogP contribution in [0.2, 0.25) is 0 Å². The van der Waals surface area contributed by atoms with Crippen molar-refractivity contribution in [2.45, 2.75) is 0 Å². The molecule has 0 aliphatic heterocycles. The van der Waals surface area contributed by atoms with Crippen LogP contribution in [0.1, 0.15) is 0 Å². The van der Waals surface area contributed by atoms with Crippen LogP contribution in [-0.4, -0.2) is 9.78 Å². The first-order chi connectivity index (χ1) is 5.38. The fourth-order valence-corrected chi connectivity index (χ4v) is 1.04. The average molecular weight is 148 g/mol. The zero-order valence-corrected chi connectivity index (χ0v) is 6.19. The fourth-order valence-electron chi connectivity index (χ4n) is 1.04. The standard InChI is InChI=1S/C8H8N2O/c1-10-7(4-5-9-10)8-3-2-6-11-8/h2-6H,1H3. The summed E-state index contributed by atoms with van der Waals surface area (Å²) in [5.41, 5.74) is 0.995. The third-order valence-electron chi connectivity index (χ3n) is 1.59. The molecule has 2 heterocycles. The number of aromatic nitrogens is 2. The van der Waals surface area contributed by atoms with Crippen LogP contribution in [0.4, 0.5) is 0 Å². The van der Waals surface area contributed by atoms with E-state index >= 15 is 0 Å². The van der Waals surface area contributed by atoms with Gasteiger partial charge in [-0.15, -0.1) is 0 Å². The summed E-state index contributed by atoms with van der Waals surface area (Å²) in [5.74, 6) is 0.852. The van der Waals surface area contributed by atoms with Crippen LogP contribution in [-0.2, 0) is 7.05 Å². The second kappa shape index (κ2) is 2.27. The molecule has 0 aliphatic rings. The van der Waals surface area contributed by atoms with E-state index in [0.29, 0.717) is 0 Å². The van der Waals surface area contributed by atoms with Gasteiger partial charge in [-0.3, -0.25) is 4.68 Å². The van der Waals surface area contributed by atoms with Gasteiger partial charge in [-0.1, -0.05) is 0 Å². The van der Waals surface area contributed by atoms with Crippen LogP contribution in [0.25, 0.3) is 11.5 Å². The Morgan fingerprint density at radius 3 is 2.91 bits per heavy atom. The molecule has 0 N–H and O–H groups in total. The number of aryl methyl sites for hydroxylation is 1. The van der Waals surface area contributed by atoms with E-state index in [-0.39, 0.29) is 0 Å². The third kappa shape index (κ3) is 0.941. The lowest BCUT2D eigenvalue weighted by Gasteiger charge is -1.94. The van der Waals surface area contributed by atoms with Gasteiger partial charge in [-0.2, -0.15) is 5.10 Å². The van der Waals surface area contributed by atoms with E-state index in [4.69, 9.17) is 4.42 Å². The van der Waals surface area contributed by atoms with Crippen LogP contribution in [0, 0.1) is 0 Å². The molecule has 0 radical (unpaired) electrons. The lowest BCUT2D eigenvalue weighted by atomic mass is 10.3.